The summed E-state index contributed by atoms with van der Waals surface area (Å²) in [4.78, 5) is 17.0. The summed E-state index contributed by atoms with van der Waals surface area (Å²) in [5.74, 6) is 0.241. The highest BCUT2D eigenvalue weighted by atomic mass is 35.5. The van der Waals surface area contributed by atoms with Gasteiger partial charge < -0.3 is 10.1 Å². The Balaban J connectivity index is 1.61. The number of carbonyl (C=O) groups is 1. The van der Waals surface area contributed by atoms with Crippen molar-refractivity contribution < 1.29 is 13.9 Å². The molecule has 140 valence electrons. The molecule has 7 heteroatoms. The summed E-state index contributed by atoms with van der Waals surface area (Å²) in [5, 5.41) is 3.41. The van der Waals surface area contributed by atoms with Crippen molar-refractivity contribution in [2.75, 3.05) is 11.9 Å². The third-order valence-electron chi connectivity index (χ3n) is 4.07. The summed E-state index contributed by atoms with van der Waals surface area (Å²) < 4.78 is 20.9. The van der Waals surface area contributed by atoms with E-state index in [1.807, 2.05) is 18.2 Å². The third-order valence-corrected chi connectivity index (χ3v) is 4.32. The minimum absolute atomic E-state index is 0.190. The molecule has 0 aliphatic carbocycles. The van der Waals surface area contributed by atoms with Gasteiger partial charge in [0.05, 0.1) is 0 Å². The molecule has 0 radical (unpaired) electrons. The first-order valence-corrected chi connectivity index (χ1v) is 8.89. The first-order valence-electron chi connectivity index (χ1n) is 8.51. The van der Waals surface area contributed by atoms with Crippen LogP contribution >= 0.6 is 11.6 Å². The Hall–Kier alpha value is -3.38. The lowest BCUT2D eigenvalue weighted by atomic mass is 10.1. The van der Waals surface area contributed by atoms with Gasteiger partial charge in [-0.1, -0.05) is 29.8 Å². The SMILES string of the molecule is O=C(COc1ccc(Cl)cc1)Nc1c(-c2cccc(F)c2)nc2ccccn12. The number of ether oxygens (including phenoxy) is 1. The molecule has 0 aliphatic rings. The van der Waals surface area contributed by atoms with Gasteiger partial charge in [0.15, 0.2) is 6.61 Å². The average molecular weight is 396 g/mol. The number of hydrogen-bond donors (Lipinski definition) is 1. The van der Waals surface area contributed by atoms with Crippen molar-refractivity contribution >= 4 is 29.0 Å². The monoisotopic (exact) mass is 395 g/mol. The highest BCUT2D eigenvalue weighted by Crippen LogP contribution is 2.29. The third kappa shape index (κ3) is 3.82. The van der Waals surface area contributed by atoms with Gasteiger partial charge in [0.1, 0.15) is 28.7 Å². The largest absolute Gasteiger partial charge is 0.484 e. The van der Waals surface area contributed by atoms with Crippen molar-refractivity contribution in [3.63, 3.8) is 0 Å². The molecule has 1 amide bonds. The second kappa shape index (κ2) is 7.70. The molecule has 0 bridgehead atoms. The van der Waals surface area contributed by atoms with Crippen LogP contribution in [0.3, 0.4) is 0 Å². The number of halogens is 2. The summed E-state index contributed by atoms with van der Waals surface area (Å²) in [5.41, 5.74) is 1.68. The molecule has 2 heterocycles. The lowest BCUT2D eigenvalue weighted by molar-refractivity contribution is -0.118. The minimum Gasteiger partial charge on any atom is -0.484 e. The molecule has 2 aromatic heterocycles. The van der Waals surface area contributed by atoms with Gasteiger partial charge in [0.25, 0.3) is 5.91 Å². The smallest absolute Gasteiger partial charge is 0.263 e. The number of fused-ring (bicyclic) bond motifs is 1. The summed E-state index contributed by atoms with van der Waals surface area (Å²) in [7, 11) is 0. The number of carbonyl (C=O) groups excluding carboxylic acids is 1. The molecule has 0 saturated carbocycles. The molecular weight excluding hydrogens is 381 g/mol. The molecule has 4 rings (SSSR count). The van der Waals surface area contributed by atoms with E-state index in [4.69, 9.17) is 16.3 Å². The zero-order valence-corrected chi connectivity index (χ0v) is 15.4. The maximum atomic E-state index is 13.7. The predicted molar refractivity (Wildman–Crippen MR) is 106 cm³/mol. The van der Waals surface area contributed by atoms with E-state index in [9.17, 15) is 9.18 Å². The second-order valence-corrected chi connectivity index (χ2v) is 6.48. The van der Waals surface area contributed by atoms with E-state index in [0.29, 0.717) is 33.5 Å². The Morgan fingerprint density at radius 3 is 2.71 bits per heavy atom. The molecule has 28 heavy (non-hydrogen) atoms. The highest BCUT2D eigenvalue weighted by molar-refractivity contribution is 6.30. The quantitative estimate of drug-likeness (QED) is 0.527. The maximum Gasteiger partial charge on any atom is 0.263 e. The summed E-state index contributed by atoms with van der Waals surface area (Å²) >= 11 is 5.84. The standard InChI is InChI=1S/C21H15ClFN3O2/c22-15-7-9-17(10-8-15)28-13-19(27)25-21-20(14-4-3-5-16(23)12-14)24-18-6-1-2-11-26(18)21/h1-12H,13H2,(H,25,27). The number of amides is 1. The normalized spacial score (nSPS) is 10.8. The molecule has 4 aromatic rings. The summed E-state index contributed by atoms with van der Waals surface area (Å²) in [6, 6.07) is 18.3. The number of hydrogen-bond acceptors (Lipinski definition) is 3. The predicted octanol–water partition coefficient (Wildman–Crippen LogP) is 4.81. The molecule has 0 aliphatic heterocycles. The van der Waals surface area contributed by atoms with Gasteiger partial charge >= 0.3 is 0 Å². The first kappa shape index (κ1) is 18.0. The Labute approximate surface area is 165 Å². The average Bonchev–Trinajstić information content (AvgIpc) is 3.06. The van der Waals surface area contributed by atoms with Gasteiger partial charge in [-0.05, 0) is 48.5 Å². The van der Waals surface area contributed by atoms with E-state index in [-0.39, 0.29) is 18.3 Å². The van der Waals surface area contributed by atoms with E-state index in [0.717, 1.165) is 0 Å². The van der Waals surface area contributed by atoms with Crippen LogP contribution in [0.2, 0.25) is 5.02 Å². The van der Waals surface area contributed by atoms with Crippen LogP contribution < -0.4 is 10.1 Å². The fraction of sp³-hybridized carbons (Fsp3) is 0.0476. The molecule has 1 N–H and O–H groups in total. The molecule has 5 nitrogen and oxygen atoms in total. The Morgan fingerprint density at radius 1 is 1.11 bits per heavy atom. The Bertz CT molecular complexity index is 1140. The van der Waals surface area contributed by atoms with Crippen molar-refractivity contribution in [3.05, 3.63) is 83.8 Å². The van der Waals surface area contributed by atoms with Crippen LogP contribution in [-0.2, 0) is 4.79 Å². The zero-order valence-electron chi connectivity index (χ0n) is 14.6. The van der Waals surface area contributed by atoms with Gasteiger partial charge in [0.2, 0.25) is 0 Å². The van der Waals surface area contributed by atoms with Gasteiger partial charge in [-0.25, -0.2) is 9.37 Å². The van der Waals surface area contributed by atoms with Gasteiger partial charge in [-0.3, -0.25) is 9.20 Å². The number of nitrogens with one attached hydrogen (secondary N) is 1. The fourth-order valence-corrected chi connectivity index (χ4v) is 2.93. The van der Waals surface area contributed by atoms with Crippen molar-refractivity contribution in [2.45, 2.75) is 0 Å². The topological polar surface area (TPSA) is 55.6 Å². The van der Waals surface area contributed by atoms with E-state index in [1.165, 1.54) is 12.1 Å². The van der Waals surface area contributed by atoms with E-state index in [2.05, 4.69) is 10.3 Å². The minimum atomic E-state index is -0.377. The first-order chi connectivity index (χ1) is 13.6. The van der Waals surface area contributed by atoms with Crippen molar-refractivity contribution in [3.8, 4) is 17.0 Å². The van der Waals surface area contributed by atoms with Crippen molar-refractivity contribution in [1.29, 1.82) is 0 Å². The molecule has 0 fully saturated rings. The van der Waals surface area contributed by atoms with Crippen molar-refractivity contribution in [2.24, 2.45) is 0 Å². The molecular formula is C21H15ClFN3O2. The van der Waals surface area contributed by atoms with Crippen LogP contribution in [0.4, 0.5) is 10.2 Å². The lowest BCUT2D eigenvalue weighted by Gasteiger charge is -2.09. The second-order valence-electron chi connectivity index (χ2n) is 6.04. The highest BCUT2D eigenvalue weighted by Gasteiger charge is 2.17. The Morgan fingerprint density at radius 2 is 1.93 bits per heavy atom. The number of rotatable bonds is 5. The fourth-order valence-electron chi connectivity index (χ4n) is 2.80. The van der Waals surface area contributed by atoms with E-state index >= 15 is 0 Å². The van der Waals surface area contributed by atoms with Crippen LogP contribution in [0.25, 0.3) is 16.9 Å². The molecule has 0 atom stereocenters. The van der Waals surface area contributed by atoms with Gasteiger partial charge in [-0.15, -0.1) is 0 Å². The van der Waals surface area contributed by atoms with E-state index < -0.39 is 0 Å². The van der Waals surface area contributed by atoms with E-state index in [1.54, 1.807) is 47.0 Å². The van der Waals surface area contributed by atoms with Gasteiger partial charge in [-0.2, -0.15) is 0 Å². The number of aromatic nitrogens is 2. The number of anilines is 1. The maximum absolute atomic E-state index is 13.7. The number of imidazole rings is 1. The molecule has 2 aromatic carbocycles. The number of pyridine rings is 1. The molecule has 0 unspecified atom stereocenters. The summed E-state index contributed by atoms with van der Waals surface area (Å²) in [6.45, 7) is -0.190. The van der Waals surface area contributed by atoms with Crippen LogP contribution in [-0.4, -0.2) is 21.9 Å². The summed E-state index contributed by atoms with van der Waals surface area (Å²) in [6.07, 6.45) is 1.78. The van der Waals surface area contributed by atoms with Crippen molar-refractivity contribution in [1.82, 2.24) is 9.38 Å². The lowest BCUT2D eigenvalue weighted by Crippen LogP contribution is -2.21. The number of nitrogens with zero attached hydrogens (tertiary/aromatic N) is 2. The molecule has 0 spiro atoms. The number of benzene rings is 2. The van der Waals surface area contributed by atoms with Gasteiger partial charge in [0, 0.05) is 16.8 Å². The van der Waals surface area contributed by atoms with Crippen LogP contribution in [0, 0.1) is 5.82 Å². The zero-order chi connectivity index (χ0) is 19.5. The molecule has 0 saturated heterocycles. The Kier molecular flexibility index (Phi) is 4.95. The van der Waals surface area contributed by atoms with Crippen LogP contribution in [0.15, 0.2) is 72.9 Å². The van der Waals surface area contributed by atoms with Crippen LogP contribution in [0.5, 0.6) is 5.75 Å². The van der Waals surface area contributed by atoms with Crippen LogP contribution in [0.1, 0.15) is 0 Å².